The van der Waals surface area contributed by atoms with Crippen LogP contribution in [-0.4, -0.2) is 39.8 Å². The third-order valence-electron chi connectivity index (χ3n) is 3.70. The van der Waals surface area contributed by atoms with Crippen LogP contribution in [0.2, 0.25) is 0 Å². The van der Waals surface area contributed by atoms with Crippen LogP contribution >= 0.6 is 24.0 Å². The normalized spacial score (nSPS) is 10.6. The van der Waals surface area contributed by atoms with Gasteiger partial charge in [0, 0.05) is 26.2 Å². The first-order valence-corrected chi connectivity index (χ1v) is 8.57. The third kappa shape index (κ3) is 8.42. The van der Waals surface area contributed by atoms with Crippen LogP contribution in [0.3, 0.4) is 0 Å². The van der Waals surface area contributed by atoms with Gasteiger partial charge in [0.05, 0.1) is 13.7 Å². The lowest BCUT2D eigenvalue weighted by atomic mass is 10.1. The summed E-state index contributed by atoms with van der Waals surface area (Å²) in [7, 11) is 3.43. The summed E-state index contributed by atoms with van der Waals surface area (Å²) < 4.78 is 10.9. The predicted octanol–water partition coefficient (Wildman–Crippen LogP) is 3.49. The summed E-state index contributed by atoms with van der Waals surface area (Å²) in [5.41, 5.74) is 1.32. The highest BCUT2D eigenvalue weighted by Crippen LogP contribution is 2.18. The number of methoxy groups -OCH3 is 1. The zero-order valence-corrected chi connectivity index (χ0v) is 17.7. The average molecular weight is 469 g/mol. The van der Waals surface area contributed by atoms with E-state index in [9.17, 15) is 0 Å². The lowest BCUT2D eigenvalue weighted by molar-refractivity contribution is 0.308. The number of halogens is 1. The third-order valence-corrected chi connectivity index (χ3v) is 3.70. The number of nitrogens with zero attached hydrogens (tertiary/aromatic N) is 1. The number of aliphatic imine (C=N–C) groups is 1. The van der Waals surface area contributed by atoms with Gasteiger partial charge < -0.3 is 20.1 Å². The van der Waals surface area contributed by atoms with Crippen molar-refractivity contribution in [1.29, 1.82) is 0 Å². The van der Waals surface area contributed by atoms with E-state index in [4.69, 9.17) is 9.47 Å². The molecule has 0 atom stereocenters. The van der Waals surface area contributed by atoms with E-state index < -0.39 is 0 Å². The summed E-state index contributed by atoms with van der Waals surface area (Å²) in [5.74, 6) is 2.45. The Balaban J connectivity index is 0.00000338. The minimum Gasteiger partial charge on any atom is -0.497 e. The number of guanidine groups is 1. The van der Waals surface area contributed by atoms with Gasteiger partial charge >= 0.3 is 0 Å². The Morgan fingerprint density at radius 3 is 2.42 bits per heavy atom. The smallest absolute Gasteiger partial charge is 0.190 e. The van der Waals surface area contributed by atoms with Crippen molar-refractivity contribution < 1.29 is 9.47 Å². The maximum absolute atomic E-state index is 5.72. The minimum atomic E-state index is 0. The second-order valence-corrected chi connectivity index (χ2v) is 5.54. The lowest BCUT2D eigenvalue weighted by Gasteiger charge is -2.12. The Morgan fingerprint density at radius 1 is 0.962 bits per heavy atom. The van der Waals surface area contributed by atoms with Crippen molar-refractivity contribution in [1.82, 2.24) is 10.6 Å². The molecule has 0 spiro atoms. The van der Waals surface area contributed by atoms with Gasteiger partial charge in [-0.2, -0.15) is 0 Å². The standard InChI is InChI=1S/C20H27N3O2.HI/c1-21-20(23-14-12-17-8-4-3-5-9-17)22-13-7-15-25-19-11-6-10-18(16-19)24-2;/h3-6,8-11,16H,7,12-15H2,1-2H3,(H2,21,22,23);1H. The van der Waals surface area contributed by atoms with E-state index in [1.165, 1.54) is 5.56 Å². The zero-order chi connectivity index (χ0) is 17.7. The van der Waals surface area contributed by atoms with Crippen LogP contribution < -0.4 is 20.1 Å². The molecule has 2 rings (SSSR count). The Hall–Kier alpha value is -1.96. The Labute approximate surface area is 173 Å². The van der Waals surface area contributed by atoms with Crippen molar-refractivity contribution in [2.45, 2.75) is 12.8 Å². The molecule has 0 fully saturated rings. The first kappa shape index (κ1) is 22.1. The van der Waals surface area contributed by atoms with Gasteiger partial charge in [-0.05, 0) is 30.5 Å². The van der Waals surface area contributed by atoms with Gasteiger partial charge in [-0.25, -0.2) is 0 Å². The van der Waals surface area contributed by atoms with Crippen molar-refractivity contribution in [3.63, 3.8) is 0 Å². The fraction of sp³-hybridized carbons (Fsp3) is 0.350. The number of ether oxygens (including phenoxy) is 2. The lowest BCUT2D eigenvalue weighted by Crippen LogP contribution is -2.39. The molecule has 5 nitrogen and oxygen atoms in total. The highest BCUT2D eigenvalue weighted by atomic mass is 127. The van der Waals surface area contributed by atoms with Gasteiger partial charge in [-0.15, -0.1) is 24.0 Å². The molecule has 0 amide bonds. The van der Waals surface area contributed by atoms with Gasteiger partial charge in [0.15, 0.2) is 5.96 Å². The van der Waals surface area contributed by atoms with E-state index >= 15 is 0 Å². The van der Waals surface area contributed by atoms with E-state index in [1.807, 2.05) is 30.3 Å². The average Bonchev–Trinajstić information content (AvgIpc) is 2.67. The highest BCUT2D eigenvalue weighted by molar-refractivity contribution is 14.0. The Morgan fingerprint density at radius 2 is 1.69 bits per heavy atom. The van der Waals surface area contributed by atoms with Crippen molar-refractivity contribution in [2.24, 2.45) is 4.99 Å². The molecule has 26 heavy (non-hydrogen) atoms. The van der Waals surface area contributed by atoms with E-state index in [0.29, 0.717) is 6.61 Å². The molecule has 0 heterocycles. The van der Waals surface area contributed by atoms with E-state index in [1.54, 1.807) is 14.2 Å². The van der Waals surface area contributed by atoms with E-state index in [2.05, 4.69) is 39.9 Å². The second kappa shape index (κ2) is 13.3. The van der Waals surface area contributed by atoms with Crippen LogP contribution in [0, 0.1) is 0 Å². The molecule has 0 bridgehead atoms. The molecular formula is C20H28IN3O2. The number of nitrogens with one attached hydrogen (secondary N) is 2. The van der Waals surface area contributed by atoms with Gasteiger partial charge in [0.25, 0.3) is 0 Å². The van der Waals surface area contributed by atoms with Crippen LogP contribution in [0.5, 0.6) is 11.5 Å². The summed E-state index contributed by atoms with van der Waals surface area (Å²) in [5, 5.41) is 6.62. The number of benzene rings is 2. The van der Waals surface area contributed by atoms with Crippen LogP contribution in [0.4, 0.5) is 0 Å². The molecular weight excluding hydrogens is 441 g/mol. The molecule has 0 unspecified atom stereocenters. The van der Waals surface area contributed by atoms with Gasteiger partial charge in [-0.3, -0.25) is 4.99 Å². The quantitative estimate of drug-likeness (QED) is 0.256. The van der Waals surface area contributed by atoms with Crippen molar-refractivity contribution in [3.05, 3.63) is 60.2 Å². The summed E-state index contributed by atoms with van der Waals surface area (Å²) >= 11 is 0. The molecule has 2 N–H and O–H groups in total. The minimum absolute atomic E-state index is 0. The molecule has 0 saturated carbocycles. The summed E-state index contributed by atoms with van der Waals surface area (Å²) in [6.45, 7) is 2.29. The van der Waals surface area contributed by atoms with Crippen molar-refractivity contribution in [3.8, 4) is 11.5 Å². The second-order valence-electron chi connectivity index (χ2n) is 5.54. The van der Waals surface area contributed by atoms with Crippen LogP contribution in [0.25, 0.3) is 0 Å². The largest absolute Gasteiger partial charge is 0.497 e. The molecule has 0 radical (unpaired) electrons. The van der Waals surface area contributed by atoms with Crippen molar-refractivity contribution >= 4 is 29.9 Å². The Kier molecular flexibility index (Phi) is 11.3. The van der Waals surface area contributed by atoms with E-state index in [0.717, 1.165) is 43.4 Å². The van der Waals surface area contributed by atoms with Crippen LogP contribution in [-0.2, 0) is 6.42 Å². The first-order chi connectivity index (χ1) is 12.3. The fourth-order valence-electron chi connectivity index (χ4n) is 2.35. The number of hydrogen-bond donors (Lipinski definition) is 2. The topological polar surface area (TPSA) is 54.9 Å². The molecule has 0 aliphatic rings. The molecule has 2 aromatic rings. The van der Waals surface area contributed by atoms with Crippen molar-refractivity contribution in [2.75, 3.05) is 33.9 Å². The monoisotopic (exact) mass is 469 g/mol. The molecule has 2 aromatic carbocycles. The molecule has 142 valence electrons. The molecule has 6 heteroatoms. The molecule has 0 aromatic heterocycles. The summed E-state index contributed by atoms with van der Waals surface area (Å²) in [4.78, 5) is 4.23. The summed E-state index contributed by atoms with van der Waals surface area (Å²) in [6.07, 6.45) is 1.86. The van der Waals surface area contributed by atoms with Gasteiger partial charge in [0.1, 0.15) is 11.5 Å². The predicted molar refractivity (Wildman–Crippen MR) is 118 cm³/mol. The molecule has 0 aliphatic carbocycles. The zero-order valence-electron chi connectivity index (χ0n) is 15.4. The van der Waals surface area contributed by atoms with Crippen LogP contribution in [0.15, 0.2) is 59.6 Å². The summed E-state index contributed by atoms with van der Waals surface area (Å²) in [6, 6.07) is 18.1. The van der Waals surface area contributed by atoms with E-state index in [-0.39, 0.29) is 24.0 Å². The first-order valence-electron chi connectivity index (χ1n) is 8.57. The fourth-order valence-corrected chi connectivity index (χ4v) is 2.35. The van der Waals surface area contributed by atoms with Crippen LogP contribution in [0.1, 0.15) is 12.0 Å². The maximum atomic E-state index is 5.72. The maximum Gasteiger partial charge on any atom is 0.190 e. The molecule has 0 aliphatic heterocycles. The number of hydrogen-bond acceptors (Lipinski definition) is 3. The van der Waals surface area contributed by atoms with Gasteiger partial charge in [0.2, 0.25) is 0 Å². The SMILES string of the molecule is CN=C(NCCCOc1cccc(OC)c1)NCCc1ccccc1.I. The highest BCUT2D eigenvalue weighted by Gasteiger charge is 1.99. The van der Waals surface area contributed by atoms with Gasteiger partial charge in [-0.1, -0.05) is 36.4 Å². The molecule has 0 saturated heterocycles. The Bertz CT molecular complexity index is 651. The number of rotatable bonds is 9.